The van der Waals surface area contributed by atoms with Crippen LogP contribution in [0.4, 0.5) is 15.0 Å². The Kier molecular flexibility index (Phi) is 4.70. The Labute approximate surface area is 167 Å². The Bertz CT molecular complexity index is 1080. The average Bonchev–Trinajstić information content (AvgIpc) is 3.16. The highest BCUT2D eigenvalue weighted by atomic mass is 19.1. The number of hydrogen-bond acceptors (Lipinski definition) is 5. The topological polar surface area (TPSA) is 89.8 Å². The number of benzene rings is 2. The van der Waals surface area contributed by atoms with E-state index in [0.29, 0.717) is 30.8 Å². The van der Waals surface area contributed by atoms with Crippen LogP contribution in [0.5, 0.6) is 5.75 Å². The van der Waals surface area contributed by atoms with Crippen LogP contribution in [0.3, 0.4) is 0 Å². The van der Waals surface area contributed by atoms with Gasteiger partial charge >= 0.3 is 6.09 Å². The van der Waals surface area contributed by atoms with Gasteiger partial charge < -0.3 is 20.0 Å². The zero-order chi connectivity index (χ0) is 20.7. The van der Waals surface area contributed by atoms with Crippen LogP contribution in [0.1, 0.15) is 12.0 Å². The molecule has 8 heteroatoms. The molecule has 0 radical (unpaired) electrons. The number of carboxylic acid groups (broad SMARTS) is 1. The Morgan fingerprint density at radius 3 is 2.79 bits per heavy atom. The molecule has 7 nitrogen and oxygen atoms in total. The van der Waals surface area contributed by atoms with Crippen LogP contribution in [-0.4, -0.2) is 57.4 Å². The Hall–Kier alpha value is -3.42. The minimum atomic E-state index is -0.975. The first-order valence-corrected chi connectivity index (χ1v) is 9.32. The van der Waals surface area contributed by atoms with E-state index in [9.17, 15) is 19.4 Å². The third kappa shape index (κ3) is 3.41. The second kappa shape index (κ2) is 7.20. The third-order valence-electron chi connectivity index (χ3n) is 5.36. The fourth-order valence-electron chi connectivity index (χ4n) is 3.72. The molecule has 1 aliphatic rings. The lowest BCUT2D eigenvalue weighted by atomic mass is 10.1. The van der Waals surface area contributed by atoms with Crippen LogP contribution in [0.2, 0.25) is 0 Å². The van der Waals surface area contributed by atoms with E-state index in [2.05, 4.69) is 9.97 Å². The summed E-state index contributed by atoms with van der Waals surface area (Å²) < 4.78 is 14.5. The fraction of sp³-hybridized carbons (Fsp3) is 0.286. The highest BCUT2D eigenvalue weighted by Gasteiger charge is 2.30. The minimum Gasteiger partial charge on any atom is -0.507 e. The summed E-state index contributed by atoms with van der Waals surface area (Å²) >= 11 is 0. The molecule has 1 aliphatic heterocycles. The number of carbonyl (C=O) groups is 1. The Morgan fingerprint density at radius 2 is 2.07 bits per heavy atom. The lowest BCUT2D eigenvalue weighted by molar-refractivity contribution is 0.142. The smallest absolute Gasteiger partial charge is 0.407 e. The van der Waals surface area contributed by atoms with Crippen molar-refractivity contribution in [3.63, 3.8) is 0 Å². The van der Waals surface area contributed by atoms with E-state index in [1.807, 2.05) is 30.0 Å². The van der Waals surface area contributed by atoms with Crippen LogP contribution in [0.25, 0.3) is 22.3 Å². The third-order valence-corrected chi connectivity index (χ3v) is 5.36. The number of halogens is 1. The van der Waals surface area contributed by atoms with Crippen LogP contribution in [-0.2, 0) is 0 Å². The first kappa shape index (κ1) is 18.9. The van der Waals surface area contributed by atoms with Crippen LogP contribution >= 0.6 is 0 Å². The normalized spacial score (nSPS) is 16.4. The van der Waals surface area contributed by atoms with Crippen molar-refractivity contribution in [3.05, 3.63) is 47.8 Å². The van der Waals surface area contributed by atoms with Gasteiger partial charge in [0.15, 0.2) is 5.82 Å². The van der Waals surface area contributed by atoms with E-state index in [4.69, 9.17) is 0 Å². The second-order valence-electron chi connectivity index (χ2n) is 7.31. The maximum Gasteiger partial charge on any atom is 0.407 e. The number of nitrogens with zero attached hydrogens (tertiary/aromatic N) is 4. The largest absolute Gasteiger partial charge is 0.507 e. The van der Waals surface area contributed by atoms with Gasteiger partial charge in [0.05, 0.1) is 17.1 Å². The number of fused-ring (bicyclic) bond motifs is 1. The number of rotatable bonds is 3. The van der Waals surface area contributed by atoms with Crippen molar-refractivity contribution in [2.24, 2.45) is 0 Å². The summed E-state index contributed by atoms with van der Waals surface area (Å²) in [5, 5.41) is 20.3. The molecule has 1 fully saturated rings. The van der Waals surface area contributed by atoms with Crippen molar-refractivity contribution in [3.8, 4) is 17.1 Å². The number of likely N-dealkylation sites (N-methyl/N-ethyl adjacent to an activating group) is 1. The highest BCUT2D eigenvalue weighted by Crippen LogP contribution is 2.35. The summed E-state index contributed by atoms with van der Waals surface area (Å²) in [5.41, 5.74) is 1.59. The predicted molar refractivity (Wildman–Crippen MR) is 108 cm³/mol. The molecule has 3 aromatic rings. The van der Waals surface area contributed by atoms with Gasteiger partial charge in [-0.1, -0.05) is 12.1 Å². The van der Waals surface area contributed by atoms with Gasteiger partial charge in [0, 0.05) is 25.5 Å². The molecular weight excluding hydrogens is 375 g/mol. The van der Waals surface area contributed by atoms with Gasteiger partial charge in [0.1, 0.15) is 17.4 Å². The summed E-state index contributed by atoms with van der Waals surface area (Å²) in [6.07, 6.45) is -0.308. The molecule has 29 heavy (non-hydrogen) atoms. The molecule has 0 aliphatic carbocycles. The summed E-state index contributed by atoms with van der Waals surface area (Å²) in [7, 11) is 1.56. The second-order valence-corrected chi connectivity index (χ2v) is 7.31. The van der Waals surface area contributed by atoms with Crippen molar-refractivity contribution < 1.29 is 19.4 Å². The molecule has 2 aromatic carbocycles. The average molecular weight is 396 g/mol. The van der Waals surface area contributed by atoms with E-state index in [1.165, 1.54) is 23.1 Å². The van der Waals surface area contributed by atoms with Crippen molar-refractivity contribution in [2.75, 3.05) is 25.0 Å². The van der Waals surface area contributed by atoms with Gasteiger partial charge in [-0.15, -0.1) is 0 Å². The van der Waals surface area contributed by atoms with E-state index in [1.54, 1.807) is 7.05 Å². The van der Waals surface area contributed by atoms with Crippen LogP contribution < -0.4 is 4.90 Å². The maximum atomic E-state index is 14.5. The molecule has 1 aromatic heterocycles. The molecule has 4 rings (SSSR count). The quantitative estimate of drug-likeness (QED) is 0.703. The Morgan fingerprint density at radius 1 is 1.28 bits per heavy atom. The Balaban J connectivity index is 1.84. The number of anilines is 1. The number of amides is 1. The number of aromatic nitrogens is 2. The van der Waals surface area contributed by atoms with Crippen molar-refractivity contribution >= 4 is 22.8 Å². The number of aryl methyl sites for hydroxylation is 1. The molecule has 0 bridgehead atoms. The maximum absolute atomic E-state index is 14.5. The first-order chi connectivity index (χ1) is 13.8. The molecule has 2 heterocycles. The molecule has 150 valence electrons. The molecule has 0 spiro atoms. The zero-order valence-corrected chi connectivity index (χ0v) is 16.1. The van der Waals surface area contributed by atoms with Crippen LogP contribution in [0.15, 0.2) is 36.4 Å². The van der Waals surface area contributed by atoms with Crippen molar-refractivity contribution in [1.82, 2.24) is 14.9 Å². The molecule has 0 saturated carbocycles. The summed E-state index contributed by atoms with van der Waals surface area (Å²) in [6.45, 7) is 3.03. The van der Waals surface area contributed by atoms with E-state index < -0.39 is 11.9 Å². The summed E-state index contributed by atoms with van der Waals surface area (Å²) in [4.78, 5) is 23.7. The molecular formula is C21H21FN4O3. The van der Waals surface area contributed by atoms with E-state index >= 15 is 0 Å². The minimum absolute atomic E-state index is 0.0458. The van der Waals surface area contributed by atoms with Crippen molar-refractivity contribution in [1.29, 1.82) is 0 Å². The van der Waals surface area contributed by atoms with E-state index in [-0.39, 0.29) is 23.2 Å². The monoisotopic (exact) mass is 396 g/mol. The SMILES string of the molecule is Cc1ccc2c(N3CC[C@H](N(C)C(=O)O)C3)nc(-c3c(O)cccc3F)nc2c1. The predicted octanol–water partition coefficient (Wildman–Crippen LogP) is 3.64. The number of aromatic hydroxyl groups is 1. The van der Waals surface area contributed by atoms with Gasteiger partial charge in [0.25, 0.3) is 0 Å². The fourth-order valence-corrected chi connectivity index (χ4v) is 3.72. The number of hydrogen-bond donors (Lipinski definition) is 2. The molecule has 2 N–H and O–H groups in total. The van der Waals surface area contributed by atoms with Gasteiger partial charge in [0.2, 0.25) is 0 Å². The number of phenols is 1. The van der Waals surface area contributed by atoms with E-state index in [0.717, 1.165) is 10.9 Å². The van der Waals surface area contributed by atoms with Gasteiger partial charge in [-0.05, 0) is 43.2 Å². The van der Waals surface area contributed by atoms with Gasteiger partial charge in [-0.3, -0.25) is 0 Å². The summed E-state index contributed by atoms with van der Waals surface area (Å²) in [6, 6.07) is 9.67. The molecule has 1 saturated heterocycles. The lowest BCUT2D eigenvalue weighted by Gasteiger charge is -2.23. The molecule has 0 unspecified atom stereocenters. The zero-order valence-electron chi connectivity index (χ0n) is 16.1. The number of phenolic OH excluding ortho intramolecular Hbond substituents is 1. The highest BCUT2D eigenvalue weighted by molar-refractivity contribution is 5.92. The standard InChI is InChI=1S/C21H21FN4O3/c1-12-6-7-14-16(10-12)23-19(18-15(22)4-3-5-17(18)27)24-20(14)26-9-8-13(11-26)25(2)21(28)29/h3-7,10,13,27H,8-9,11H2,1-2H3,(H,28,29)/t13-/m0/s1. The van der Waals surface area contributed by atoms with Crippen molar-refractivity contribution in [2.45, 2.75) is 19.4 Å². The summed E-state index contributed by atoms with van der Waals surface area (Å²) in [5.74, 6) is -0.126. The lowest BCUT2D eigenvalue weighted by Crippen LogP contribution is -2.38. The molecule has 1 amide bonds. The van der Waals surface area contributed by atoms with Gasteiger partial charge in [-0.25, -0.2) is 19.2 Å². The molecule has 1 atom stereocenters. The first-order valence-electron chi connectivity index (χ1n) is 9.32. The van der Waals surface area contributed by atoms with Gasteiger partial charge in [-0.2, -0.15) is 0 Å². The van der Waals surface area contributed by atoms with Crippen LogP contribution in [0, 0.1) is 12.7 Å².